The van der Waals surface area contributed by atoms with E-state index in [1.807, 2.05) is 18.2 Å². The Morgan fingerprint density at radius 1 is 1.11 bits per heavy atom. The quantitative estimate of drug-likeness (QED) is 0.461. The van der Waals surface area contributed by atoms with Gasteiger partial charge in [-0.2, -0.15) is 0 Å². The van der Waals surface area contributed by atoms with Gasteiger partial charge in [0.25, 0.3) is 5.91 Å². The van der Waals surface area contributed by atoms with Crippen LogP contribution in [-0.4, -0.2) is 61.4 Å². The maximum Gasteiger partial charge on any atom is 0.266 e. The number of allylic oxidation sites excluding steroid dienone is 1. The summed E-state index contributed by atoms with van der Waals surface area (Å²) in [4.78, 5) is 25.0. The van der Waals surface area contributed by atoms with Crippen LogP contribution in [0.4, 0.5) is 17.1 Å². The number of fused-ring (bicyclic) bond motifs is 1. The van der Waals surface area contributed by atoms with Gasteiger partial charge in [-0.1, -0.05) is 6.08 Å². The highest BCUT2D eigenvalue weighted by molar-refractivity contribution is 8.18. The molecule has 0 aliphatic carbocycles. The van der Waals surface area contributed by atoms with E-state index in [9.17, 15) is 4.79 Å². The van der Waals surface area contributed by atoms with Crippen LogP contribution >= 0.6 is 11.8 Å². The highest BCUT2D eigenvalue weighted by Crippen LogP contribution is 2.41. The lowest BCUT2D eigenvalue weighted by molar-refractivity contribution is -0.121. The fraction of sp³-hybridized carbons (Fsp3) is 0.400. The number of likely N-dealkylation sites (N-methyl/N-ethyl adjacent to an activating group) is 2. The number of ether oxygens (including phenoxy) is 1. The van der Waals surface area contributed by atoms with Crippen molar-refractivity contribution in [3.05, 3.63) is 64.1 Å². The van der Waals surface area contributed by atoms with Crippen molar-refractivity contribution in [3.63, 3.8) is 0 Å². The van der Waals surface area contributed by atoms with E-state index in [1.54, 1.807) is 11.9 Å². The topological polar surface area (TPSA) is 48.4 Å². The van der Waals surface area contributed by atoms with Gasteiger partial charge in [0, 0.05) is 43.6 Å². The minimum atomic E-state index is -0.0238. The van der Waals surface area contributed by atoms with E-state index in [1.165, 1.54) is 34.3 Å². The second-order valence-electron chi connectivity index (χ2n) is 10.4. The Kier molecular flexibility index (Phi) is 6.94. The molecule has 6 nitrogen and oxygen atoms in total. The number of carbonyl (C=O) groups excluding carboxylic acids is 1. The van der Waals surface area contributed by atoms with E-state index in [0.29, 0.717) is 10.1 Å². The van der Waals surface area contributed by atoms with E-state index >= 15 is 0 Å². The number of morpholine rings is 1. The molecule has 3 aliphatic heterocycles. The van der Waals surface area contributed by atoms with Gasteiger partial charge in [0.05, 0.1) is 29.3 Å². The Morgan fingerprint density at radius 3 is 2.49 bits per heavy atom. The third-order valence-electron chi connectivity index (χ3n) is 7.42. The molecule has 2 aromatic rings. The lowest BCUT2D eigenvalue weighted by Gasteiger charge is -2.43. The fourth-order valence-corrected chi connectivity index (χ4v) is 6.42. The van der Waals surface area contributed by atoms with E-state index in [0.717, 1.165) is 49.7 Å². The zero-order chi connectivity index (χ0) is 26.3. The SMILES string of the molecule is CCN1c2cc(C)c(/C=C3/SC(=Nc4ccc(N5CCOCC5)cc4)N(C)C3=O)cc2C(C)=CC1(C)C. The zero-order valence-electron chi connectivity index (χ0n) is 22.7. The molecule has 7 heteroatoms. The molecular weight excluding hydrogens is 480 g/mol. The third-order valence-corrected chi connectivity index (χ3v) is 8.48. The monoisotopic (exact) mass is 516 g/mol. The van der Waals surface area contributed by atoms with Crippen LogP contribution in [0, 0.1) is 6.92 Å². The second kappa shape index (κ2) is 10.0. The Bertz CT molecular complexity index is 1300. The number of aryl methyl sites for hydroxylation is 1. The molecule has 1 amide bonds. The Morgan fingerprint density at radius 2 is 1.81 bits per heavy atom. The normalized spacial score (nSPS) is 21.6. The molecule has 0 unspecified atom stereocenters. The molecule has 0 N–H and O–H groups in total. The maximum atomic E-state index is 13.1. The minimum absolute atomic E-state index is 0.0191. The summed E-state index contributed by atoms with van der Waals surface area (Å²) >= 11 is 1.44. The molecule has 5 rings (SSSR count). The number of benzene rings is 2. The van der Waals surface area contributed by atoms with E-state index in [4.69, 9.17) is 9.73 Å². The molecule has 0 radical (unpaired) electrons. The van der Waals surface area contributed by atoms with Crippen LogP contribution in [0.25, 0.3) is 11.6 Å². The minimum Gasteiger partial charge on any atom is -0.378 e. The highest BCUT2D eigenvalue weighted by atomic mass is 32.2. The number of anilines is 2. The van der Waals surface area contributed by atoms with E-state index in [-0.39, 0.29) is 11.4 Å². The van der Waals surface area contributed by atoms with Crippen molar-refractivity contribution in [2.24, 2.45) is 4.99 Å². The largest absolute Gasteiger partial charge is 0.378 e. The molecule has 37 heavy (non-hydrogen) atoms. The highest BCUT2D eigenvalue weighted by Gasteiger charge is 2.32. The van der Waals surface area contributed by atoms with Gasteiger partial charge < -0.3 is 14.5 Å². The first-order valence-corrected chi connectivity index (χ1v) is 13.8. The van der Waals surface area contributed by atoms with Crippen LogP contribution < -0.4 is 9.80 Å². The lowest BCUT2D eigenvalue weighted by atomic mass is 9.87. The first-order valence-electron chi connectivity index (χ1n) is 13.0. The Hall–Kier alpha value is -3.03. The van der Waals surface area contributed by atoms with Crippen molar-refractivity contribution >= 4 is 51.5 Å². The summed E-state index contributed by atoms with van der Waals surface area (Å²) in [6.45, 7) is 15.3. The van der Waals surface area contributed by atoms with Crippen molar-refractivity contribution in [2.75, 3.05) is 49.7 Å². The van der Waals surface area contributed by atoms with Gasteiger partial charge in [0.15, 0.2) is 5.17 Å². The number of thioether (sulfide) groups is 1. The molecule has 3 heterocycles. The number of rotatable bonds is 4. The van der Waals surface area contributed by atoms with Gasteiger partial charge in [0.2, 0.25) is 0 Å². The van der Waals surface area contributed by atoms with Gasteiger partial charge in [-0.3, -0.25) is 9.69 Å². The van der Waals surface area contributed by atoms with Crippen molar-refractivity contribution in [1.82, 2.24) is 4.90 Å². The number of carbonyl (C=O) groups is 1. The van der Waals surface area contributed by atoms with Crippen LogP contribution in [0.1, 0.15) is 44.4 Å². The van der Waals surface area contributed by atoms with Crippen LogP contribution in [-0.2, 0) is 9.53 Å². The molecule has 3 aliphatic rings. The smallest absolute Gasteiger partial charge is 0.266 e. The summed E-state index contributed by atoms with van der Waals surface area (Å²) in [6.07, 6.45) is 4.36. The van der Waals surface area contributed by atoms with Crippen molar-refractivity contribution in [1.29, 1.82) is 0 Å². The molecule has 2 saturated heterocycles. The number of hydrogen-bond acceptors (Lipinski definition) is 6. The molecule has 0 atom stereocenters. The van der Waals surface area contributed by atoms with E-state index in [2.05, 4.69) is 74.8 Å². The molecule has 0 bridgehead atoms. The summed E-state index contributed by atoms with van der Waals surface area (Å²) in [6, 6.07) is 12.7. The molecule has 2 fully saturated rings. The second-order valence-corrected chi connectivity index (χ2v) is 11.4. The predicted octanol–water partition coefficient (Wildman–Crippen LogP) is 6.09. The molecule has 0 spiro atoms. The predicted molar refractivity (Wildman–Crippen MR) is 157 cm³/mol. The summed E-state index contributed by atoms with van der Waals surface area (Å²) in [5.74, 6) is -0.0191. The number of amidine groups is 1. The van der Waals surface area contributed by atoms with Gasteiger partial charge in [-0.15, -0.1) is 0 Å². The summed E-state index contributed by atoms with van der Waals surface area (Å²) in [5.41, 5.74) is 7.99. The maximum absolute atomic E-state index is 13.1. The van der Waals surface area contributed by atoms with Gasteiger partial charge in [-0.05, 0) is 106 Å². The number of hydrogen-bond donors (Lipinski definition) is 0. The van der Waals surface area contributed by atoms with Crippen molar-refractivity contribution < 1.29 is 9.53 Å². The van der Waals surface area contributed by atoms with Gasteiger partial charge >= 0.3 is 0 Å². The Labute approximate surface area is 224 Å². The number of nitrogens with zero attached hydrogens (tertiary/aromatic N) is 4. The summed E-state index contributed by atoms with van der Waals surface area (Å²) in [7, 11) is 1.80. The number of aliphatic imine (C=N–C) groups is 1. The van der Waals surface area contributed by atoms with Crippen molar-refractivity contribution in [2.45, 2.75) is 40.2 Å². The molecule has 2 aromatic carbocycles. The van der Waals surface area contributed by atoms with Crippen LogP contribution in [0.2, 0.25) is 0 Å². The average molecular weight is 517 g/mol. The van der Waals surface area contributed by atoms with Crippen molar-refractivity contribution in [3.8, 4) is 0 Å². The molecular formula is C30H36N4O2S. The third kappa shape index (κ3) is 4.94. The molecule has 0 aromatic heterocycles. The van der Waals surface area contributed by atoms with Gasteiger partial charge in [-0.25, -0.2) is 4.99 Å². The molecule has 194 valence electrons. The van der Waals surface area contributed by atoms with Crippen LogP contribution in [0.3, 0.4) is 0 Å². The fourth-order valence-electron chi connectivity index (χ4n) is 5.44. The van der Waals surface area contributed by atoms with Crippen LogP contribution in [0.5, 0.6) is 0 Å². The molecule has 0 saturated carbocycles. The van der Waals surface area contributed by atoms with E-state index < -0.39 is 0 Å². The number of amides is 1. The zero-order valence-corrected chi connectivity index (χ0v) is 23.5. The first-order chi connectivity index (χ1) is 17.7. The summed E-state index contributed by atoms with van der Waals surface area (Å²) in [5, 5.41) is 0.695. The Balaban J connectivity index is 1.41. The van der Waals surface area contributed by atoms with Gasteiger partial charge in [0.1, 0.15) is 0 Å². The lowest BCUT2D eigenvalue weighted by Crippen LogP contribution is -2.44. The van der Waals surface area contributed by atoms with Crippen LogP contribution in [0.15, 0.2) is 52.4 Å². The average Bonchev–Trinajstić information content (AvgIpc) is 3.13. The summed E-state index contributed by atoms with van der Waals surface area (Å²) < 4.78 is 5.45. The standard InChI is InChI=1S/C30H36N4O2S/c1-7-34-26-16-20(2)22(17-25(26)21(3)19-30(34,4)5)18-27-28(35)32(6)29(37-27)31-23-8-10-24(11-9-23)33-12-14-36-15-13-33/h8-11,16-19H,7,12-15H2,1-6H3/b27-18+,31-29?. The first kappa shape index (κ1) is 25.6.